The minimum Gasteiger partial charge on any atom is -0.475 e. The molecule has 1 aliphatic rings. The number of likely N-dealkylation sites (tertiary alicyclic amines) is 1. The summed E-state index contributed by atoms with van der Waals surface area (Å²) < 4.78 is 31.7. The highest BCUT2D eigenvalue weighted by atomic mass is 19.4. The van der Waals surface area contributed by atoms with E-state index in [1.165, 1.54) is 12.0 Å². The van der Waals surface area contributed by atoms with Gasteiger partial charge in [-0.3, -0.25) is 0 Å². The fraction of sp³-hybridized carbons (Fsp3) is 0.429. The van der Waals surface area contributed by atoms with E-state index in [1.807, 2.05) is 18.2 Å². The topological polar surface area (TPSA) is 83.6 Å². The zero-order valence-electron chi connectivity index (χ0n) is 11.7. The van der Waals surface area contributed by atoms with Crippen LogP contribution in [0.5, 0.6) is 0 Å². The molecule has 1 fully saturated rings. The molecule has 0 radical (unpaired) electrons. The van der Waals surface area contributed by atoms with Crippen molar-refractivity contribution in [3.05, 3.63) is 35.9 Å². The Hall–Kier alpha value is -2.25. The Kier molecular flexibility index (Phi) is 6.21. The monoisotopic (exact) mass is 318 g/mol. The highest BCUT2D eigenvalue weighted by molar-refractivity contribution is 5.73. The summed E-state index contributed by atoms with van der Waals surface area (Å²) in [5, 5.41) is 7.12. The van der Waals surface area contributed by atoms with Crippen LogP contribution in [-0.2, 0) is 4.79 Å². The Morgan fingerprint density at radius 2 is 1.73 bits per heavy atom. The van der Waals surface area contributed by atoms with E-state index in [0.717, 1.165) is 19.4 Å². The Morgan fingerprint density at radius 3 is 2.18 bits per heavy atom. The maximum atomic E-state index is 11.3. The molecule has 0 bridgehead atoms. The number of carbonyl (C=O) groups is 2. The fourth-order valence-electron chi connectivity index (χ4n) is 2.22. The van der Waals surface area contributed by atoms with Gasteiger partial charge < -0.3 is 15.7 Å². The second-order valence-electron chi connectivity index (χ2n) is 4.76. The van der Waals surface area contributed by atoms with Gasteiger partial charge in [0, 0.05) is 6.54 Å². The summed E-state index contributed by atoms with van der Waals surface area (Å²) in [6.07, 6.45) is -1.83. The van der Waals surface area contributed by atoms with E-state index < -0.39 is 12.1 Å². The average molecular weight is 318 g/mol. The summed E-state index contributed by atoms with van der Waals surface area (Å²) in [4.78, 5) is 22.0. The lowest BCUT2D eigenvalue weighted by molar-refractivity contribution is -0.192. The van der Waals surface area contributed by atoms with E-state index >= 15 is 0 Å². The predicted octanol–water partition coefficient (Wildman–Crippen LogP) is 2.93. The van der Waals surface area contributed by atoms with Crippen molar-refractivity contribution in [3.8, 4) is 0 Å². The Morgan fingerprint density at radius 1 is 1.18 bits per heavy atom. The minimum atomic E-state index is -5.08. The summed E-state index contributed by atoms with van der Waals surface area (Å²) in [5.74, 6) is -2.76. The molecular weight excluding hydrogens is 301 g/mol. The van der Waals surface area contributed by atoms with Gasteiger partial charge in [0.05, 0.1) is 6.04 Å². The highest BCUT2D eigenvalue weighted by Crippen LogP contribution is 2.30. The summed E-state index contributed by atoms with van der Waals surface area (Å²) >= 11 is 0. The molecule has 1 aliphatic heterocycles. The number of halogens is 3. The van der Waals surface area contributed by atoms with Crippen molar-refractivity contribution in [2.24, 2.45) is 5.73 Å². The lowest BCUT2D eigenvalue weighted by Gasteiger charge is -2.34. The van der Waals surface area contributed by atoms with E-state index in [-0.39, 0.29) is 12.1 Å². The van der Waals surface area contributed by atoms with E-state index in [9.17, 15) is 18.0 Å². The van der Waals surface area contributed by atoms with E-state index in [4.69, 9.17) is 15.6 Å². The van der Waals surface area contributed by atoms with Crippen LogP contribution in [0.3, 0.4) is 0 Å². The van der Waals surface area contributed by atoms with Crippen LogP contribution in [0, 0.1) is 0 Å². The van der Waals surface area contributed by atoms with Gasteiger partial charge in [0.15, 0.2) is 0 Å². The lowest BCUT2D eigenvalue weighted by Crippen LogP contribution is -2.41. The summed E-state index contributed by atoms with van der Waals surface area (Å²) in [7, 11) is 0. The molecule has 2 rings (SSSR count). The van der Waals surface area contributed by atoms with Crippen LogP contribution in [0.25, 0.3) is 0 Å². The number of nitrogens with two attached hydrogens (primary N) is 1. The number of carboxylic acid groups (broad SMARTS) is 1. The van der Waals surface area contributed by atoms with Crippen molar-refractivity contribution in [2.45, 2.75) is 31.5 Å². The van der Waals surface area contributed by atoms with Gasteiger partial charge in [-0.05, 0) is 24.8 Å². The van der Waals surface area contributed by atoms with Gasteiger partial charge in [0.2, 0.25) is 0 Å². The zero-order chi connectivity index (χ0) is 16.8. The van der Waals surface area contributed by atoms with Gasteiger partial charge in [-0.15, -0.1) is 0 Å². The number of benzene rings is 1. The molecule has 3 N–H and O–H groups in total. The Bertz CT molecular complexity index is 506. The molecule has 1 saturated heterocycles. The fourth-order valence-corrected chi connectivity index (χ4v) is 2.22. The molecule has 22 heavy (non-hydrogen) atoms. The third-order valence-electron chi connectivity index (χ3n) is 3.21. The normalized spacial score (nSPS) is 18.1. The van der Waals surface area contributed by atoms with E-state index in [1.54, 1.807) is 4.90 Å². The number of alkyl halides is 3. The van der Waals surface area contributed by atoms with Gasteiger partial charge in [-0.2, -0.15) is 13.2 Å². The largest absolute Gasteiger partial charge is 0.490 e. The first-order valence-electron chi connectivity index (χ1n) is 6.64. The van der Waals surface area contributed by atoms with Gasteiger partial charge >= 0.3 is 18.2 Å². The SMILES string of the molecule is NC(=O)N1CCCCC1c1ccccc1.O=C(O)C(F)(F)F. The number of nitrogens with zero attached hydrogens (tertiary/aromatic N) is 1. The number of primary amides is 1. The van der Waals surface area contributed by atoms with Crippen LogP contribution >= 0.6 is 0 Å². The minimum absolute atomic E-state index is 0.178. The smallest absolute Gasteiger partial charge is 0.475 e. The third kappa shape index (κ3) is 5.27. The molecule has 2 amide bonds. The molecule has 0 aromatic heterocycles. The predicted molar refractivity (Wildman–Crippen MR) is 73.0 cm³/mol. The molecule has 1 aromatic rings. The van der Waals surface area contributed by atoms with Gasteiger partial charge in [-0.1, -0.05) is 30.3 Å². The number of hydrogen-bond donors (Lipinski definition) is 2. The van der Waals surface area contributed by atoms with Crippen LogP contribution in [0.1, 0.15) is 30.9 Å². The Labute approximate surface area is 125 Å². The molecule has 122 valence electrons. The number of hydrogen-bond acceptors (Lipinski definition) is 2. The molecule has 8 heteroatoms. The number of carbonyl (C=O) groups excluding carboxylic acids is 1. The van der Waals surface area contributed by atoms with Crippen LogP contribution in [0.15, 0.2) is 30.3 Å². The first-order chi connectivity index (χ1) is 10.2. The molecule has 5 nitrogen and oxygen atoms in total. The van der Waals surface area contributed by atoms with Crippen molar-refractivity contribution >= 4 is 12.0 Å². The number of urea groups is 1. The van der Waals surface area contributed by atoms with Crippen LogP contribution in [-0.4, -0.2) is 34.7 Å². The molecule has 1 aromatic carbocycles. The molecule has 0 saturated carbocycles. The first-order valence-corrected chi connectivity index (χ1v) is 6.64. The number of rotatable bonds is 1. The zero-order valence-corrected chi connectivity index (χ0v) is 11.7. The Balaban J connectivity index is 0.000000295. The summed E-state index contributed by atoms with van der Waals surface area (Å²) in [5.41, 5.74) is 6.57. The molecular formula is C14H17F3N2O3. The number of aliphatic carboxylic acids is 1. The van der Waals surface area contributed by atoms with Crippen molar-refractivity contribution in [2.75, 3.05) is 6.54 Å². The highest BCUT2D eigenvalue weighted by Gasteiger charge is 2.38. The second kappa shape index (κ2) is 7.67. The maximum Gasteiger partial charge on any atom is 0.490 e. The van der Waals surface area contributed by atoms with Gasteiger partial charge in [0.25, 0.3) is 0 Å². The molecule has 0 aliphatic carbocycles. The van der Waals surface area contributed by atoms with Crippen LogP contribution in [0.2, 0.25) is 0 Å². The summed E-state index contributed by atoms with van der Waals surface area (Å²) in [6.45, 7) is 0.787. The van der Waals surface area contributed by atoms with Crippen molar-refractivity contribution in [3.63, 3.8) is 0 Å². The van der Waals surface area contributed by atoms with Gasteiger partial charge in [-0.25, -0.2) is 9.59 Å². The molecule has 1 heterocycles. The molecule has 1 unspecified atom stereocenters. The van der Waals surface area contributed by atoms with Crippen molar-refractivity contribution in [1.82, 2.24) is 4.90 Å². The number of carboxylic acids is 1. The van der Waals surface area contributed by atoms with Gasteiger partial charge in [0.1, 0.15) is 0 Å². The van der Waals surface area contributed by atoms with Crippen molar-refractivity contribution < 1.29 is 27.9 Å². The van der Waals surface area contributed by atoms with Crippen molar-refractivity contribution in [1.29, 1.82) is 0 Å². The maximum absolute atomic E-state index is 11.3. The van der Waals surface area contributed by atoms with E-state index in [0.29, 0.717) is 0 Å². The standard InChI is InChI=1S/C12H16N2O.C2HF3O2/c13-12(15)14-9-5-4-8-11(14)10-6-2-1-3-7-10;3-2(4,5)1(6)7/h1-3,6-7,11H,4-5,8-9H2,(H2,13,15);(H,6,7). The second-order valence-corrected chi connectivity index (χ2v) is 4.76. The molecule has 0 spiro atoms. The molecule has 1 atom stereocenters. The number of piperidine rings is 1. The third-order valence-corrected chi connectivity index (χ3v) is 3.21. The lowest BCUT2D eigenvalue weighted by atomic mass is 9.96. The first kappa shape index (κ1) is 17.8. The van der Waals surface area contributed by atoms with Crippen LogP contribution < -0.4 is 5.73 Å². The average Bonchev–Trinajstić information content (AvgIpc) is 2.48. The number of amides is 2. The van der Waals surface area contributed by atoms with Crippen LogP contribution in [0.4, 0.5) is 18.0 Å². The summed E-state index contributed by atoms with van der Waals surface area (Å²) in [6, 6.07) is 9.99. The quantitative estimate of drug-likeness (QED) is 0.835. The van der Waals surface area contributed by atoms with E-state index in [2.05, 4.69) is 12.1 Å².